The molecule has 0 aromatic carbocycles. The van der Waals surface area contributed by atoms with E-state index in [9.17, 15) is 0 Å². The van der Waals surface area contributed by atoms with Gasteiger partial charge in [0.05, 0.1) is 0 Å². The highest BCUT2D eigenvalue weighted by Crippen LogP contribution is 2.38. The summed E-state index contributed by atoms with van der Waals surface area (Å²) in [7, 11) is 0. The van der Waals surface area contributed by atoms with Gasteiger partial charge in [0.15, 0.2) is 0 Å². The second-order valence-corrected chi connectivity index (χ2v) is 5.10. The van der Waals surface area contributed by atoms with Crippen molar-refractivity contribution in [2.45, 2.75) is 26.7 Å². The third kappa shape index (κ3) is 2.53. The lowest BCUT2D eigenvalue weighted by Gasteiger charge is -2.32. The highest BCUT2D eigenvalue weighted by Gasteiger charge is 2.25. The van der Waals surface area contributed by atoms with Gasteiger partial charge in [-0.1, -0.05) is 25.5 Å². The van der Waals surface area contributed by atoms with E-state index < -0.39 is 0 Å². The zero-order valence-electron chi connectivity index (χ0n) is 8.10. The molecule has 0 radical (unpaired) electrons. The molecule has 0 spiro atoms. The summed E-state index contributed by atoms with van der Waals surface area (Å²) in [6, 6.07) is 0. The molecule has 0 atom stereocenters. The van der Waals surface area contributed by atoms with Gasteiger partial charge in [-0.3, -0.25) is 0 Å². The molecule has 12 heavy (non-hydrogen) atoms. The molecule has 70 valence electrons. The van der Waals surface area contributed by atoms with Gasteiger partial charge < -0.3 is 5.73 Å². The van der Waals surface area contributed by atoms with Crippen LogP contribution in [-0.4, -0.2) is 18.1 Å². The monoisotopic (exact) mass is 185 g/mol. The van der Waals surface area contributed by atoms with Crippen LogP contribution < -0.4 is 5.73 Å². The predicted octanol–water partition coefficient (Wildman–Crippen LogP) is 2.42. The van der Waals surface area contributed by atoms with Crippen LogP contribution in [-0.2, 0) is 0 Å². The average Bonchev–Trinajstić information content (AvgIpc) is 2.02. The van der Waals surface area contributed by atoms with Crippen molar-refractivity contribution in [1.82, 2.24) is 0 Å². The molecule has 1 aliphatic rings. The fourth-order valence-corrected chi connectivity index (χ4v) is 2.99. The predicted molar refractivity (Wildman–Crippen MR) is 57.5 cm³/mol. The zero-order valence-corrected chi connectivity index (χ0v) is 8.91. The third-order valence-corrected chi connectivity index (χ3v) is 3.56. The average molecular weight is 185 g/mol. The summed E-state index contributed by atoms with van der Waals surface area (Å²) in [5.41, 5.74) is 7.51. The number of hydrogen-bond donors (Lipinski definition) is 1. The Morgan fingerprint density at radius 1 is 1.58 bits per heavy atom. The molecule has 0 bridgehead atoms. The Hall–Kier alpha value is 0.0500. The van der Waals surface area contributed by atoms with E-state index in [1.807, 2.05) is 11.8 Å². The Labute approximate surface area is 79.8 Å². The molecule has 1 heterocycles. The van der Waals surface area contributed by atoms with Gasteiger partial charge in [-0.2, -0.15) is 11.8 Å². The van der Waals surface area contributed by atoms with Crippen LogP contribution in [0.25, 0.3) is 0 Å². The van der Waals surface area contributed by atoms with E-state index in [0.29, 0.717) is 5.41 Å². The summed E-state index contributed by atoms with van der Waals surface area (Å²) in [4.78, 5) is 0. The maximum atomic E-state index is 5.48. The Kier molecular flexibility index (Phi) is 3.66. The molecule has 1 nitrogen and oxygen atoms in total. The summed E-state index contributed by atoms with van der Waals surface area (Å²) < 4.78 is 0. The first-order valence-corrected chi connectivity index (χ1v) is 5.79. The van der Waals surface area contributed by atoms with Crippen molar-refractivity contribution >= 4 is 11.8 Å². The quantitative estimate of drug-likeness (QED) is 0.669. The molecule has 1 rings (SSSR count). The highest BCUT2D eigenvalue weighted by atomic mass is 32.2. The standard InChI is InChI=1S/C10H19NS/c1-10(2)5-7-12-8-9(10)4-3-6-11/h4H,3,5-8,11H2,1-2H3. The lowest BCUT2D eigenvalue weighted by atomic mass is 9.81. The summed E-state index contributed by atoms with van der Waals surface area (Å²) >= 11 is 2.05. The van der Waals surface area contributed by atoms with Crippen LogP contribution in [0.1, 0.15) is 26.7 Å². The second-order valence-electron chi connectivity index (χ2n) is 3.99. The minimum absolute atomic E-state index is 0.431. The van der Waals surface area contributed by atoms with Gasteiger partial charge in [-0.05, 0) is 30.6 Å². The molecular formula is C10H19NS. The molecule has 2 heteroatoms. The van der Waals surface area contributed by atoms with E-state index in [0.717, 1.165) is 13.0 Å². The maximum Gasteiger partial charge on any atom is 0.0148 e. The van der Waals surface area contributed by atoms with Gasteiger partial charge in [0.25, 0.3) is 0 Å². The van der Waals surface area contributed by atoms with E-state index in [1.54, 1.807) is 5.57 Å². The van der Waals surface area contributed by atoms with Crippen molar-refractivity contribution in [3.8, 4) is 0 Å². The molecule has 0 amide bonds. The van der Waals surface area contributed by atoms with Crippen molar-refractivity contribution in [2.75, 3.05) is 18.1 Å². The lowest BCUT2D eigenvalue weighted by Crippen LogP contribution is -2.22. The maximum absolute atomic E-state index is 5.48. The van der Waals surface area contributed by atoms with Crippen LogP contribution in [0.4, 0.5) is 0 Å². The smallest absolute Gasteiger partial charge is 0.0148 e. The van der Waals surface area contributed by atoms with Gasteiger partial charge in [-0.25, -0.2) is 0 Å². The van der Waals surface area contributed by atoms with Crippen molar-refractivity contribution in [3.63, 3.8) is 0 Å². The Morgan fingerprint density at radius 3 is 2.92 bits per heavy atom. The normalized spacial score (nSPS) is 26.1. The Bertz CT molecular complexity index is 173. The minimum atomic E-state index is 0.431. The van der Waals surface area contributed by atoms with Crippen LogP contribution in [0.3, 0.4) is 0 Å². The number of nitrogens with two attached hydrogens (primary N) is 1. The van der Waals surface area contributed by atoms with Gasteiger partial charge in [0, 0.05) is 5.75 Å². The summed E-state index contributed by atoms with van der Waals surface area (Å²) in [6.07, 6.45) is 4.69. The zero-order chi connectivity index (χ0) is 9.03. The van der Waals surface area contributed by atoms with E-state index in [1.165, 1.54) is 17.9 Å². The molecule has 0 aromatic heterocycles. The fraction of sp³-hybridized carbons (Fsp3) is 0.800. The van der Waals surface area contributed by atoms with Gasteiger partial charge >= 0.3 is 0 Å². The Balaban J connectivity index is 2.59. The molecule has 0 unspecified atom stereocenters. The second kappa shape index (κ2) is 4.33. The molecule has 1 aliphatic heterocycles. The molecule has 0 aliphatic carbocycles. The summed E-state index contributed by atoms with van der Waals surface area (Å²) in [6.45, 7) is 5.47. The minimum Gasteiger partial charge on any atom is -0.330 e. The van der Waals surface area contributed by atoms with Crippen molar-refractivity contribution in [1.29, 1.82) is 0 Å². The SMILES string of the molecule is CC1(C)CCSCC1=CCCN. The van der Waals surface area contributed by atoms with E-state index in [-0.39, 0.29) is 0 Å². The first kappa shape index (κ1) is 10.1. The van der Waals surface area contributed by atoms with Gasteiger partial charge in [-0.15, -0.1) is 0 Å². The van der Waals surface area contributed by atoms with E-state index in [2.05, 4.69) is 19.9 Å². The van der Waals surface area contributed by atoms with Crippen LogP contribution in [0.5, 0.6) is 0 Å². The van der Waals surface area contributed by atoms with Crippen LogP contribution in [0.15, 0.2) is 11.6 Å². The first-order valence-electron chi connectivity index (χ1n) is 4.64. The molecule has 0 saturated carbocycles. The first-order chi connectivity index (χ1) is 5.67. The topological polar surface area (TPSA) is 26.0 Å². The van der Waals surface area contributed by atoms with Crippen molar-refractivity contribution in [2.24, 2.45) is 11.1 Å². The van der Waals surface area contributed by atoms with Crippen LogP contribution >= 0.6 is 11.8 Å². The highest BCUT2D eigenvalue weighted by molar-refractivity contribution is 7.99. The summed E-state index contributed by atoms with van der Waals surface area (Å²) in [5, 5.41) is 0. The number of hydrogen-bond acceptors (Lipinski definition) is 2. The number of rotatable bonds is 2. The van der Waals surface area contributed by atoms with Crippen molar-refractivity contribution in [3.05, 3.63) is 11.6 Å². The summed E-state index contributed by atoms with van der Waals surface area (Å²) in [5.74, 6) is 2.53. The molecule has 0 aromatic rings. The number of thioether (sulfide) groups is 1. The van der Waals surface area contributed by atoms with Crippen molar-refractivity contribution < 1.29 is 0 Å². The van der Waals surface area contributed by atoms with E-state index >= 15 is 0 Å². The molecule has 2 N–H and O–H groups in total. The lowest BCUT2D eigenvalue weighted by molar-refractivity contribution is 0.426. The Morgan fingerprint density at radius 2 is 2.33 bits per heavy atom. The van der Waals surface area contributed by atoms with Crippen LogP contribution in [0.2, 0.25) is 0 Å². The van der Waals surface area contributed by atoms with E-state index in [4.69, 9.17) is 5.73 Å². The molecule has 1 saturated heterocycles. The largest absolute Gasteiger partial charge is 0.330 e. The van der Waals surface area contributed by atoms with Gasteiger partial charge in [0.2, 0.25) is 0 Å². The van der Waals surface area contributed by atoms with Crippen LogP contribution in [0, 0.1) is 5.41 Å². The molecule has 1 fully saturated rings. The third-order valence-electron chi connectivity index (χ3n) is 2.56. The van der Waals surface area contributed by atoms with Gasteiger partial charge in [0.1, 0.15) is 0 Å². The molecular weight excluding hydrogens is 166 g/mol. The fourth-order valence-electron chi connectivity index (χ4n) is 1.46.